The Kier molecular flexibility index (Phi) is 33.0. The maximum absolute atomic E-state index is 10.8. The van der Waals surface area contributed by atoms with Gasteiger partial charge in [0, 0.05) is 13.2 Å². The second-order valence-electron chi connectivity index (χ2n) is 6.63. The summed E-state index contributed by atoms with van der Waals surface area (Å²) in [6.45, 7) is 18.1. The van der Waals surface area contributed by atoms with Crippen molar-refractivity contribution >= 4 is 11.9 Å². The summed E-state index contributed by atoms with van der Waals surface area (Å²) in [4.78, 5) is 20.9. The highest BCUT2D eigenvalue weighted by molar-refractivity contribution is 5.80. The molecule has 0 rings (SSSR count). The van der Waals surface area contributed by atoms with E-state index < -0.39 is 24.5 Å². The Morgan fingerprint density at radius 2 is 1.27 bits per heavy atom. The van der Waals surface area contributed by atoms with Crippen LogP contribution in [0.1, 0.15) is 74.7 Å². The van der Waals surface area contributed by atoms with E-state index in [1.54, 1.807) is 11.1 Å². The van der Waals surface area contributed by atoms with Gasteiger partial charge in [0.15, 0.2) is 6.10 Å². The molecule has 0 fully saturated rings. The van der Waals surface area contributed by atoms with Gasteiger partial charge in [0.1, 0.15) is 0 Å². The number of esters is 1. The smallest absolute Gasteiger partial charge is 0.335 e. The van der Waals surface area contributed by atoms with E-state index in [1.807, 2.05) is 27.7 Å². The molecular formula is C22H46O8. The Balaban J connectivity index is -0.000000169. The van der Waals surface area contributed by atoms with Crippen molar-refractivity contribution in [1.82, 2.24) is 0 Å². The van der Waals surface area contributed by atoms with Crippen LogP contribution in [0.2, 0.25) is 0 Å². The molecule has 1 atom stereocenters. The number of aliphatic hydroxyl groups is 3. The van der Waals surface area contributed by atoms with Crippen LogP contribution in [0.4, 0.5) is 0 Å². The highest BCUT2D eigenvalue weighted by Gasteiger charge is 2.19. The number of hydrogen-bond acceptors (Lipinski definition) is 7. The highest BCUT2D eigenvalue weighted by Crippen LogP contribution is 2.09. The minimum absolute atomic E-state index is 0.125. The van der Waals surface area contributed by atoms with Crippen LogP contribution in [-0.2, 0) is 19.1 Å². The van der Waals surface area contributed by atoms with Crippen LogP contribution >= 0.6 is 0 Å². The van der Waals surface area contributed by atoms with Gasteiger partial charge in [-0.3, -0.25) is 4.79 Å². The number of aliphatic hydroxyl groups excluding tert-OH is 3. The maximum Gasteiger partial charge on any atom is 0.335 e. The van der Waals surface area contributed by atoms with Crippen LogP contribution in [0.3, 0.4) is 0 Å². The summed E-state index contributed by atoms with van der Waals surface area (Å²) < 4.78 is 9.45. The highest BCUT2D eigenvalue weighted by atomic mass is 16.5. The molecule has 0 aromatic heterocycles. The molecule has 0 heterocycles. The largest absolute Gasteiger partial charge is 0.481 e. The predicted octanol–water partition coefficient (Wildman–Crippen LogP) is 3.18. The molecule has 0 aromatic rings. The molecule has 0 spiro atoms. The summed E-state index contributed by atoms with van der Waals surface area (Å²) in [6, 6.07) is 0. The lowest BCUT2D eigenvalue weighted by Gasteiger charge is -2.09. The number of ether oxygens (including phenoxy) is 2. The topological polar surface area (TPSA) is 134 Å². The SMILES string of the molecule is CC(C)COC(=O)C(O)CC(=O)O.CC/C(C)=C(\C)CC.CCOCC.OCCO. The van der Waals surface area contributed by atoms with Crippen LogP contribution in [0.15, 0.2) is 11.1 Å². The van der Waals surface area contributed by atoms with E-state index in [4.69, 9.17) is 25.2 Å². The van der Waals surface area contributed by atoms with Crippen molar-refractivity contribution in [3.8, 4) is 0 Å². The molecule has 30 heavy (non-hydrogen) atoms. The van der Waals surface area contributed by atoms with Crippen molar-refractivity contribution in [3.63, 3.8) is 0 Å². The maximum atomic E-state index is 10.8. The first-order valence-electron chi connectivity index (χ1n) is 10.5. The molecule has 0 aromatic carbocycles. The third kappa shape index (κ3) is 34.1. The first kappa shape index (κ1) is 35.9. The normalized spacial score (nSPS) is 11.5. The number of carbonyl (C=O) groups is 2. The fourth-order valence-electron chi connectivity index (χ4n) is 1.40. The van der Waals surface area contributed by atoms with Crippen molar-refractivity contribution in [1.29, 1.82) is 0 Å². The van der Waals surface area contributed by atoms with Gasteiger partial charge in [-0.15, -0.1) is 0 Å². The van der Waals surface area contributed by atoms with Crippen molar-refractivity contribution in [2.45, 2.75) is 80.8 Å². The Labute approximate surface area is 182 Å². The van der Waals surface area contributed by atoms with Crippen molar-refractivity contribution in [2.24, 2.45) is 5.92 Å². The molecule has 0 aliphatic rings. The molecule has 0 amide bonds. The average molecular weight is 439 g/mol. The van der Waals surface area contributed by atoms with Gasteiger partial charge < -0.3 is 29.9 Å². The third-order valence-electron chi connectivity index (χ3n) is 3.50. The zero-order valence-electron chi connectivity index (χ0n) is 20.2. The zero-order chi connectivity index (χ0) is 24.5. The summed E-state index contributed by atoms with van der Waals surface area (Å²) in [5.41, 5.74) is 3.10. The number of carboxylic acid groups (broad SMARTS) is 1. The second kappa shape index (κ2) is 27.5. The standard InChI is InChI=1S/C8H14O5.C8H16.C4H10O.C2H6O2/c1-5(2)4-13-8(12)6(9)3-7(10)11;1-5-7(3)8(4)6-2;1-3-5-4-2;3-1-2-4/h5-6,9H,3-4H2,1-2H3,(H,10,11);5-6H2,1-4H3;3-4H2,1-2H3;3-4H,1-2H2/b;8-7+;;. The number of aliphatic carboxylic acids is 1. The van der Waals surface area contributed by atoms with Crippen molar-refractivity contribution < 1.29 is 39.5 Å². The lowest BCUT2D eigenvalue weighted by Crippen LogP contribution is -2.27. The summed E-state index contributed by atoms with van der Waals surface area (Å²) in [5.74, 6) is -1.94. The number of carbonyl (C=O) groups excluding carboxylic acids is 1. The average Bonchev–Trinajstić information content (AvgIpc) is 2.71. The summed E-state index contributed by atoms with van der Waals surface area (Å²) in [6.07, 6.45) is 0.243. The molecular weight excluding hydrogens is 392 g/mol. The van der Waals surface area contributed by atoms with E-state index in [-0.39, 0.29) is 25.7 Å². The number of carboxylic acids is 1. The Bertz CT molecular complexity index is 403. The third-order valence-corrected chi connectivity index (χ3v) is 3.50. The Morgan fingerprint density at radius 1 is 0.867 bits per heavy atom. The van der Waals surface area contributed by atoms with Gasteiger partial charge in [0.2, 0.25) is 0 Å². The fraction of sp³-hybridized carbons (Fsp3) is 0.818. The lowest BCUT2D eigenvalue weighted by atomic mass is 10.1. The van der Waals surface area contributed by atoms with E-state index in [2.05, 4.69) is 32.4 Å². The predicted molar refractivity (Wildman–Crippen MR) is 119 cm³/mol. The first-order chi connectivity index (χ1) is 14.0. The fourth-order valence-corrected chi connectivity index (χ4v) is 1.40. The van der Waals surface area contributed by atoms with Gasteiger partial charge in [0.25, 0.3) is 0 Å². The molecule has 0 bridgehead atoms. The monoisotopic (exact) mass is 438 g/mol. The first-order valence-corrected chi connectivity index (χ1v) is 10.5. The Hall–Kier alpha value is -1.48. The van der Waals surface area contributed by atoms with Crippen LogP contribution in [0.25, 0.3) is 0 Å². The molecule has 4 N–H and O–H groups in total. The van der Waals surface area contributed by atoms with Gasteiger partial charge >= 0.3 is 11.9 Å². The van der Waals surface area contributed by atoms with E-state index in [0.717, 1.165) is 13.2 Å². The van der Waals surface area contributed by atoms with Gasteiger partial charge in [0.05, 0.1) is 26.2 Å². The molecule has 0 radical (unpaired) electrons. The number of allylic oxidation sites excluding steroid dienone is 2. The number of hydrogen-bond donors (Lipinski definition) is 4. The Morgan fingerprint density at radius 3 is 1.47 bits per heavy atom. The van der Waals surface area contributed by atoms with Gasteiger partial charge in [-0.25, -0.2) is 4.79 Å². The van der Waals surface area contributed by atoms with Crippen LogP contribution in [0, 0.1) is 5.92 Å². The summed E-state index contributed by atoms with van der Waals surface area (Å²) in [5, 5.41) is 32.4. The molecule has 182 valence electrons. The minimum atomic E-state index is -1.56. The van der Waals surface area contributed by atoms with Crippen molar-refractivity contribution in [3.05, 3.63) is 11.1 Å². The number of rotatable bonds is 10. The summed E-state index contributed by atoms with van der Waals surface area (Å²) in [7, 11) is 0. The summed E-state index contributed by atoms with van der Waals surface area (Å²) >= 11 is 0. The van der Waals surface area contributed by atoms with E-state index in [0.29, 0.717) is 0 Å². The van der Waals surface area contributed by atoms with Gasteiger partial charge in [-0.2, -0.15) is 0 Å². The molecule has 0 aliphatic carbocycles. The zero-order valence-corrected chi connectivity index (χ0v) is 20.2. The van der Waals surface area contributed by atoms with Crippen LogP contribution < -0.4 is 0 Å². The van der Waals surface area contributed by atoms with Crippen LogP contribution in [0.5, 0.6) is 0 Å². The molecule has 1 unspecified atom stereocenters. The molecule has 0 aliphatic heterocycles. The second-order valence-corrected chi connectivity index (χ2v) is 6.63. The van der Waals surface area contributed by atoms with Gasteiger partial charge in [-0.1, -0.05) is 38.8 Å². The van der Waals surface area contributed by atoms with E-state index >= 15 is 0 Å². The van der Waals surface area contributed by atoms with Crippen molar-refractivity contribution in [2.75, 3.05) is 33.0 Å². The molecule has 8 nitrogen and oxygen atoms in total. The van der Waals surface area contributed by atoms with E-state index in [1.165, 1.54) is 12.8 Å². The minimum Gasteiger partial charge on any atom is -0.481 e. The van der Waals surface area contributed by atoms with E-state index in [9.17, 15) is 9.59 Å². The van der Waals surface area contributed by atoms with Gasteiger partial charge in [-0.05, 0) is 46.5 Å². The lowest BCUT2D eigenvalue weighted by molar-refractivity contribution is -0.159. The molecule has 8 heteroatoms. The molecule has 0 saturated heterocycles. The molecule has 0 saturated carbocycles. The quantitative estimate of drug-likeness (QED) is 0.302. The van der Waals surface area contributed by atoms with Crippen LogP contribution in [-0.4, -0.2) is 71.5 Å².